The lowest BCUT2D eigenvalue weighted by molar-refractivity contribution is 0.0945. The van der Waals surface area contributed by atoms with Gasteiger partial charge < -0.3 is 10.6 Å². The van der Waals surface area contributed by atoms with Crippen molar-refractivity contribution in [3.63, 3.8) is 0 Å². The van der Waals surface area contributed by atoms with E-state index in [0.717, 1.165) is 11.3 Å². The van der Waals surface area contributed by atoms with E-state index in [1.807, 2.05) is 42.5 Å². The first-order chi connectivity index (χ1) is 11.7. The van der Waals surface area contributed by atoms with Crippen LogP contribution in [0.4, 0.5) is 11.5 Å². The Morgan fingerprint density at radius 2 is 1.71 bits per heavy atom. The van der Waals surface area contributed by atoms with Gasteiger partial charge in [-0.25, -0.2) is 9.97 Å². The summed E-state index contributed by atoms with van der Waals surface area (Å²) in [7, 11) is 0. The van der Waals surface area contributed by atoms with Gasteiger partial charge in [0, 0.05) is 17.3 Å². The maximum absolute atomic E-state index is 12.1. The Balaban J connectivity index is 1.58. The van der Waals surface area contributed by atoms with Crippen LogP contribution in [0, 0.1) is 0 Å². The maximum Gasteiger partial charge on any atom is 0.271 e. The predicted octanol–water partition coefficient (Wildman–Crippen LogP) is 3.80. The van der Waals surface area contributed by atoms with Crippen LogP contribution in [0.1, 0.15) is 16.1 Å². The number of anilines is 2. The molecule has 0 saturated carbocycles. The maximum atomic E-state index is 12.1. The first-order valence-electron chi connectivity index (χ1n) is 7.37. The van der Waals surface area contributed by atoms with E-state index >= 15 is 0 Å². The molecule has 2 N–H and O–H groups in total. The number of para-hydroxylation sites is 1. The summed E-state index contributed by atoms with van der Waals surface area (Å²) in [6.07, 6.45) is 2.98. The van der Waals surface area contributed by atoms with Crippen molar-refractivity contribution in [1.29, 1.82) is 0 Å². The van der Waals surface area contributed by atoms with Gasteiger partial charge in [0.25, 0.3) is 5.91 Å². The van der Waals surface area contributed by atoms with Crippen LogP contribution < -0.4 is 10.6 Å². The van der Waals surface area contributed by atoms with Crippen LogP contribution in [-0.4, -0.2) is 15.9 Å². The van der Waals surface area contributed by atoms with E-state index in [0.29, 0.717) is 17.4 Å². The molecule has 1 amide bonds. The topological polar surface area (TPSA) is 66.9 Å². The molecule has 1 aromatic heterocycles. The third kappa shape index (κ3) is 4.30. The number of carbonyl (C=O) groups is 1. The molecule has 0 aliphatic heterocycles. The molecule has 2 aromatic carbocycles. The van der Waals surface area contributed by atoms with Gasteiger partial charge >= 0.3 is 0 Å². The van der Waals surface area contributed by atoms with E-state index in [-0.39, 0.29) is 11.6 Å². The second-order valence-corrected chi connectivity index (χ2v) is 5.52. The average molecular weight is 339 g/mol. The summed E-state index contributed by atoms with van der Waals surface area (Å²) in [5, 5.41) is 6.58. The fourth-order valence-corrected chi connectivity index (χ4v) is 2.18. The largest absolute Gasteiger partial charge is 0.347 e. The number of hydrogen-bond donors (Lipinski definition) is 2. The van der Waals surface area contributed by atoms with Crippen LogP contribution in [0.3, 0.4) is 0 Å². The molecule has 3 rings (SSSR count). The molecular formula is C18H15ClN4O. The monoisotopic (exact) mass is 338 g/mol. The Kier molecular flexibility index (Phi) is 5.03. The van der Waals surface area contributed by atoms with Gasteiger partial charge in [0.05, 0.1) is 12.4 Å². The number of nitrogens with one attached hydrogen (secondary N) is 2. The van der Waals surface area contributed by atoms with Gasteiger partial charge in [0.1, 0.15) is 11.5 Å². The van der Waals surface area contributed by atoms with Gasteiger partial charge in [-0.05, 0) is 29.8 Å². The summed E-state index contributed by atoms with van der Waals surface area (Å²) in [6.45, 7) is 0.404. The van der Waals surface area contributed by atoms with Crippen molar-refractivity contribution >= 4 is 29.0 Å². The number of benzene rings is 2. The van der Waals surface area contributed by atoms with Crippen molar-refractivity contribution < 1.29 is 4.79 Å². The van der Waals surface area contributed by atoms with Crippen molar-refractivity contribution in [3.8, 4) is 0 Å². The molecule has 6 heteroatoms. The number of aromatic nitrogens is 2. The zero-order valence-electron chi connectivity index (χ0n) is 12.7. The minimum atomic E-state index is -0.274. The molecule has 24 heavy (non-hydrogen) atoms. The summed E-state index contributed by atoms with van der Waals surface area (Å²) in [5.74, 6) is 0.305. The number of hydrogen-bond acceptors (Lipinski definition) is 4. The van der Waals surface area contributed by atoms with Crippen molar-refractivity contribution in [2.24, 2.45) is 0 Å². The third-order valence-electron chi connectivity index (χ3n) is 3.30. The van der Waals surface area contributed by atoms with Gasteiger partial charge in [0.2, 0.25) is 0 Å². The van der Waals surface area contributed by atoms with Crippen LogP contribution >= 0.6 is 11.6 Å². The Morgan fingerprint density at radius 3 is 2.38 bits per heavy atom. The molecule has 0 bridgehead atoms. The number of nitrogens with zero attached hydrogens (tertiary/aromatic N) is 2. The second kappa shape index (κ2) is 7.57. The number of halogens is 1. The predicted molar refractivity (Wildman–Crippen MR) is 94.4 cm³/mol. The molecule has 0 fully saturated rings. The Bertz CT molecular complexity index is 805. The molecule has 3 aromatic rings. The fraction of sp³-hybridized carbons (Fsp3) is 0.0556. The van der Waals surface area contributed by atoms with Crippen LogP contribution in [-0.2, 0) is 6.54 Å². The molecule has 0 aliphatic carbocycles. The number of rotatable bonds is 5. The van der Waals surface area contributed by atoms with Crippen LogP contribution in [0.5, 0.6) is 0 Å². The molecule has 0 saturated heterocycles. The van der Waals surface area contributed by atoms with Crippen LogP contribution in [0.15, 0.2) is 67.0 Å². The standard InChI is InChI=1S/C18H15ClN4O/c19-14-8-6-13(7-9-14)10-22-18(24)16-11-21-17(12-20-16)23-15-4-2-1-3-5-15/h1-9,11-12H,10H2,(H,21,23)(H,22,24). The molecule has 0 atom stereocenters. The molecule has 0 radical (unpaired) electrons. The average Bonchev–Trinajstić information content (AvgIpc) is 2.62. The third-order valence-corrected chi connectivity index (χ3v) is 3.55. The van der Waals surface area contributed by atoms with Crippen molar-refractivity contribution in [3.05, 3.63) is 83.3 Å². The van der Waals surface area contributed by atoms with Gasteiger partial charge in [-0.2, -0.15) is 0 Å². The van der Waals surface area contributed by atoms with E-state index in [1.54, 1.807) is 12.1 Å². The van der Waals surface area contributed by atoms with Crippen molar-refractivity contribution in [2.75, 3.05) is 5.32 Å². The lowest BCUT2D eigenvalue weighted by Gasteiger charge is -2.07. The van der Waals surface area contributed by atoms with Crippen molar-refractivity contribution in [1.82, 2.24) is 15.3 Å². The normalized spacial score (nSPS) is 10.2. The minimum absolute atomic E-state index is 0.266. The van der Waals surface area contributed by atoms with Crippen molar-refractivity contribution in [2.45, 2.75) is 6.54 Å². The van der Waals surface area contributed by atoms with Crippen LogP contribution in [0.25, 0.3) is 0 Å². The molecule has 0 aliphatic rings. The molecular weight excluding hydrogens is 324 g/mol. The second-order valence-electron chi connectivity index (χ2n) is 5.09. The van der Waals surface area contributed by atoms with Gasteiger partial charge in [-0.3, -0.25) is 4.79 Å². The summed E-state index contributed by atoms with van der Waals surface area (Å²) in [6, 6.07) is 16.9. The quantitative estimate of drug-likeness (QED) is 0.742. The van der Waals surface area contributed by atoms with E-state index in [1.165, 1.54) is 12.4 Å². The highest BCUT2D eigenvalue weighted by Gasteiger charge is 2.08. The lowest BCUT2D eigenvalue weighted by atomic mass is 10.2. The highest BCUT2D eigenvalue weighted by Crippen LogP contribution is 2.12. The van der Waals surface area contributed by atoms with E-state index in [4.69, 9.17) is 11.6 Å². The van der Waals surface area contributed by atoms with E-state index in [2.05, 4.69) is 20.6 Å². The highest BCUT2D eigenvalue weighted by molar-refractivity contribution is 6.30. The summed E-state index contributed by atoms with van der Waals surface area (Å²) in [4.78, 5) is 20.4. The first kappa shape index (κ1) is 16.0. The smallest absolute Gasteiger partial charge is 0.271 e. The Hall–Kier alpha value is -2.92. The Morgan fingerprint density at radius 1 is 0.958 bits per heavy atom. The highest BCUT2D eigenvalue weighted by atomic mass is 35.5. The number of amides is 1. The fourth-order valence-electron chi connectivity index (χ4n) is 2.05. The summed E-state index contributed by atoms with van der Waals surface area (Å²) in [5.41, 5.74) is 2.14. The molecule has 120 valence electrons. The zero-order valence-corrected chi connectivity index (χ0v) is 13.5. The number of carbonyl (C=O) groups excluding carboxylic acids is 1. The van der Waals surface area contributed by atoms with E-state index in [9.17, 15) is 4.79 Å². The van der Waals surface area contributed by atoms with Gasteiger partial charge in [-0.15, -0.1) is 0 Å². The zero-order chi connectivity index (χ0) is 16.8. The molecule has 0 spiro atoms. The SMILES string of the molecule is O=C(NCc1ccc(Cl)cc1)c1cnc(Nc2ccccc2)cn1. The lowest BCUT2D eigenvalue weighted by Crippen LogP contribution is -2.24. The van der Waals surface area contributed by atoms with Gasteiger partial charge in [0.15, 0.2) is 0 Å². The minimum Gasteiger partial charge on any atom is -0.347 e. The Labute approximate surface area is 144 Å². The van der Waals surface area contributed by atoms with E-state index < -0.39 is 0 Å². The van der Waals surface area contributed by atoms with Crippen LogP contribution in [0.2, 0.25) is 5.02 Å². The van der Waals surface area contributed by atoms with Gasteiger partial charge in [-0.1, -0.05) is 41.9 Å². The molecule has 5 nitrogen and oxygen atoms in total. The summed E-state index contributed by atoms with van der Waals surface area (Å²) >= 11 is 5.83. The summed E-state index contributed by atoms with van der Waals surface area (Å²) < 4.78 is 0. The first-order valence-corrected chi connectivity index (χ1v) is 7.75. The molecule has 1 heterocycles. The molecule has 0 unspecified atom stereocenters.